The number of aryl methyl sites for hydroxylation is 1. The second-order valence-corrected chi connectivity index (χ2v) is 4.17. The lowest BCUT2D eigenvalue weighted by molar-refractivity contribution is 0.884. The Kier molecular flexibility index (Phi) is 3.74. The van der Waals surface area contributed by atoms with Gasteiger partial charge >= 0.3 is 0 Å². The summed E-state index contributed by atoms with van der Waals surface area (Å²) in [6.07, 6.45) is 1.69. The van der Waals surface area contributed by atoms with E-state index < -0.39 is 0 Å². The fourth-order valence-electron chi connectivity index (χ4n) is 1.76. The molecule has 0 saturated carbocycles. The summed E-state index contributed by atoms with van der Waals surface area (Å²) in [5, 5.41) is 0. The summed E-state index contributed by atoms with van der Waals surface area (Å²) in [7, 11) is 2.00. The lowest BCUT2D eigenvalue weighted by Gasteiger charge is -2.19. The van der Waals surface area contributed by atoms with Crippen LogP contribution in [0.2, 0.25) is 0 Å². The van der Waals surface area contributed by atoms with Crippen molar-refractivity contribution >= 4 is 11.8 Å². The van der Waals surface area contributed by atoms with Crippen LogP contribution in [0.1, 0.15) is 11.1 Å². The van der Waals surface area contributed by atoms with Gasteiger partial charge in [-0.3, -0.25) is 5.43 Å². The van der Waals surface area contributed by atoms with E-state index in [1.54, 1.807) is 6.20 Å². The third-order valence-corrected chi connectivity index (χ3v) is 2.83. The van der Waals surface area contributed by atoms with Crippen molar-refractivity contribution in [2.24, 2.45) is 5.84 Å². The van der Waals surface area contributed by atoms with Gasteiger partial charge in [0.15, 0.2) is 0 Å². The Balaban J connectivity index is 2.16. The lowest BCUT2D eigenvalue weighted by atomic mass is 10.1. The number of nitrogens with zero attached hydrogens (tertiary/aromatic N) is 3. The van der Waals surface area contributed by atoms with Gasteiger partial charge in [0.1, 0.15) is 5.82 Å². The zero-order chi connectivity index (χ0) is 13.0. The highest BCUT2D eigenvalue weighted by atomic mass is 15.3. The standard InChI is InChI=1S/C13H17N5/c1-10-5-3-4-6-11(10)9-18(2)12-7-8-15-13(16-12)17-14/h3-8H,9,14H2,1-2H3,(H,15,16,17). The molecular formula is C13H17N5. The Morgan fingerprint density at radius 1 is 1.28 bits per heavy atom. The van der Waals surface area contributed by atoms with Crippen LogP contribution in [0, 0.1) is 6.92 Å². The van der Waals surface area contributed by atoms with Crippen LogP contribution in [0.15, 0.2) is 36.5 Å². The number of hydrogen-bond acceptors (Lipinski definition) is 5. The minimum atomic E-state index is 0.420. The summed E-state index contributed by atoms with van der Waals surface area (Å²) in [5.41, 5.74) is 5.00. The van der Waals surface area contributed by atoms with Crippen LogP contribution in [0.25, 0.3) is 0 Å². The van der Waals surface area contributed by atoms with Crippen LogP contribution in [0.4, 0.5) is 11.8 Å². The van der Waals surface area contributed by atoms with Gasteiger partial charge in [-0.2, -0.15) is 4.98 Å². The highest BCUT2D eigenvalue weighted by Gasteiger charge is 2.06. The number of nitrogen functional groups attached to an aromatic ring is 1. The molecule has 2 aromatic rings. The molecule has 0 spiro atoms. The third kappa shape index (κ3) is 2.75. The smallest absolute Gasteiger partial charge is 0.239 e. The first-order chi connectivity index (χ1) is 8.70. The van der Waals surface area contributed by atoms with Gasteiger partial charge in [0.25, 0.3) is 0 Å². The summed E-state index contributed by atoms with van der Waals surface area (Å²) in [6.45, 7) is 2.91. The highest BCUT2D eigenvalue weighted by molar-refractivity contribution is 5.42. The molecule has 1 heterocycles. The highest BCUT2D eigenvalue weighted by Crippen LogP contribution is 2.15. The van der Waals surface area contributed by atoms with E-state index in [0.29, 0.717) is 5.95 Å². The zero-order valence-corrected chi connectivity index (χ0v) is 10.6. The van der Waals surface area contributed by atoms with Crippen molar-refractivity contribution in [2.45, 2.75) is 13.5 Å². The van der Waals surface area contributed by atoms with E-state index >= 15 is 0 Å². The molecule has 1 aromatic heterocycles. The first-order valence-electron chi connectivity index (χ1n) is 5.76. The van der Waals surface area contributed by atoms with Gasteiger partial charge in [-0.25, -0.2) is 10.8 Å². The number of hydrazine groups is 1. The van der Waals surface area contributed by atoms with Gasteiger partial charge in [0.2, 0.25) is 5.95 Å². The van der Waals surface area contributed by atoms with Crippen LogP contribution in [0.5, 0.6) is 0 Å². The molecule has 0 fully saturated rings. The van der Waals surface area contributed by atoms with E-state index in [1.807, 2.05) is 25.2 Å². The van der Waals surface area contributed by atoms with Crippen molar-refractivity contribution in [2.75, 3.05) is 17.4 Å². The van der Waals surface area contributed by atoms with Gasteiger partial charge in [-0.1, -0.05) is 24.3 Å². The SMILES string of the molecule is Cc1ccccc1CN(C)c1ccnc(NN)n1. The van der Waals surface area contributed by atoms with Crippen LogP contribution >= 0.6 is 0 Å². The summed E-state index contributed by atoms with van der Waals surface area (Å²) in [6, 6.07) is 10.2. The fourth-order valence-corrected chi connectivity index (χ4v) is 1.76. The summed E-state index contributed by atoms with van der Waals surface area (Å²) in [4.78, 5) is 10.3. The number of rotatable bonds is 4. The van der Waals surface area contributed by atoms with E-state index in [1.165, 1.54) is 11.1 Å². The molecule has 18 heavy (non-hydrogen) atoms. The Hall–Kier alpha value is -2.14. The predicted molar refractivity (Wildman–Crippen MR) is 73.1 cm³/mol. The number of aromatic nitrogens is 2. The minimum Gasteiger partial charge on any atom is -0.355 e. The average molecular weight is 243 g/mol. The second-order valence-electron chi connectivity index (χ2n) is 4.17. The molecule has 0 aliphatic rings. The van der Waals surface area contributed by atoms with Gasteiger partial charge in [-0.05, 0) is 24.1 Å². The topological polar surface area (TPSA) is 67.1 Å². The van der Waals surface area contributed by atoms with Crippen LogP contribution < -0.4 is 16.2 Å². The quantitative estimate of drug-likeness (QED) is 0.632. The molecule has 5 heteroatoms. The third-order valence-electron chi connectivity index (χ3n) is 2.83. The normalized spacial score (nSPS) is 10.2. The van der Waals surface area contributed by atoms with Gasteiger partial charge in [0, 0.05) is 19.8 Å². The van der Waals surface area contributed by atoms with E-state index in [9.17, 15) is 0 Å². The molecule has 0 bridgehead atoms. The number of anilines is 2. The molecule has 94 valence electrons. The van der Waals surface area contributed by atoms with Gasteiger partial charge in [0.05, 0.1) is 0 Å². The van der Waals surface area contributed by atoms with E-state index in [4.69, 9.17) is 5.84 Å². The number of nitrogens with two attached hydrogens (primary N) is 1. The zero-order valence-electron chi connectivity index (χ0n) is 10.6. The number of nitrogens with one attached hydrogen (secondary N) is 1. The average Bonchev–Trinajstić information content (AvgIpc) is 2.41. The monoisotopic (exact) mass is 243 g/mol. The van der Waals surface area contributed by atoms with E-state index in [-0.39, 0.29) is 0 Å². The molecule has 0 amide bonds. The molecule has 2 rings (SSSR count). The molecule has 0 aliphatic heterocycles. The molecule has 1 aromatic carbocycles. The van der Waals surface area contributed by atoms with Crippen LogP contribution in [-0.4, -0.2) is 17.0 Å². The minimum absolute atomic E-state index is 0.420. The van der Waals surface area contributed by atoms with Crippen LogP contribution in [0.3, 0.4) is 0 Å². The Morgan fingerprint density at radius 2 is 2.06 bits per heavy atom. The maximum atomic E-state index is 5.30. The maximum absolute atomic E-state index is 5.30. The molecule has 5 nitrogen and oxygen atoms in total. The van der Waals surface area contributed by atoms with Crippen molar-refractivity contribution in [1.82, 2.24) is 9.97 Å². The summed E-state index contributed by atoms with van der Waals surface area (Å²) < 4.78 is 0. The molecule has 0 unspecified atom stereocenters. The molecule has 0 radical (unpaired) electrons. The largest absolute Gasteiger partial charge is 0.355 e. The first-order valence-corrected chi connectivity index (χ1v) is 5.76. The predicted octanol–water partition coefficient (Wildman–Crippen LogP) is 1.71. The van der Waals surface area contributed by atoms with Crippen molar-refractivity contribution in [3.05, 3.63) is 47.7 Å². The number of hydrogen-bond donors (Lipinski definition) is 2. The Morgan fingerprint density at radius 3 is 2.78 bits per heavy atom. The lowest BCUT2D eigenvalue weighted by Crippen LogP contribution is -2.20. The second kappa shape index (κ2) is 5.46. The first kappa shape index (κ1) is 12.3. The number of benzene rings is 1. The van der Waals surface area contributed by atoms with Crippen molar-refractivity contribution in [1.29, 1.82) is 0 Å². The molecule has 0 atom stereocenters. The molecule has 0 aliphatic carbocycles. The maximum Gasteiger partial charge on any atom is 0.239 e. The van der Waals surface area contributed by atoms with Crippen molar-refractivity contribution in [3.8, 4) is 0 Å². The summed E-state index contributed by atoms with van der Waals surface area (Å²) in [5.74, 6) is 6.56. The molecular weight excluding hydrogens is 226 g/mol. The molecule has 0 saturated heterocycles. The van der Waals surface area contributed by atoms with Gasteiger partial charge in [-0.15, -0.1) is 0 Å². The Labute approximate surface area is 107 Å². The van der Waals surface area contributed by atoms with E-state index in [2.05, 4.69) is 39.4 Å². The molecule has 3 N–H and O–H groups in total. The fraction of sp³-hybridized carbons (Fsp3) is 0.231. The Bertz CT molecular complexity index is 526. The van der Waals surface area contributed by atoms with Crippen molar-refractivity contribution < 1.29 is 0 Å². The van der Waals surface area contributed by atoms with Crippen LogP contribution in [-0.2, 0) is 6.54 Å². The van der Waals surface area contributed by atoms with E-state index in [0.717, 1.165) is 12.4 Å². The van der Waals surface area contributed by atoms with Gasteiger partial charge < -0.3 is 4.90 Å². The summed E-state index contributed by atoms with van der Waals surface area (Å²) >= 11 is 0. The van der Waals surface area contributed by atoms with Crippen molar-refractivity contribution in [3.63, 3.8) is 0 Å².